The second kappa shape index (κ2) is 1.39. The van der Waals surface area contributed by atoms with Gasteiger partial charge in [0.2, 0.25) is 9.04 Å². The maximum atomic E-state index is 5.48. The Morgan fingerprint density at radius 3 is 2.10 bits per heavy atom. The molecular formula is C7H9OSi2. The number of hydrogen-bond acceptors (Lipinski definition) is 1. The first-order valence-corrected chi connectivity index (χ1v) is 7.55. The molecule has 0 aliphatic carbocycles. The van der Waals surface area contributed by atoms with Gasteiger partial charge >= 0.3 is 0 Å². The Morgan fingerprint density at radius 1 is 1.30 bits per heavy atom. The van der Waals surface area contributed by atoms with Crippen LogP contribution in [-0.4, -0.2) is 24.2 Å². The summed E-state index contributed by atoms with van der Waals surface area (Å²) in [6.07, 6.45) is 4.76. The first-order valence-electron chi connectivity index (χ1n) is 3.68. The van der Waals surface area contributed by atoms with E-state index in [1.807, 2.05) is 7.11 Å². The monoisotopic (exact) mass is 165 g/mol. The molecule has 0 unspecified atom stereocenters. The van der Waals surface area contributed by atoms with Crippen molar-refractivity contribution in [2.24, 2.45) is 0 Å². The first kappa shape index (κ1) is 5.51. The molecule has 1 radical (unpaired) electrons. The Labute approximate surface area is 63.1 Å². The summed E-state index contributed by atoms with van der Waals surface area (Å²) >= 11 is 0. The molecule has 0 N–H and O–H groups in total. The van der Waals surface area contributed by atoms with Gasteiger partial charge in [0.25, 0.3) is 0 Å². The van der Waals surface area contributed by atoms with E-state index in [1.54, 1.807) is 0 Å². The summed E-state index contributed by atoms with van der Waals surface area (Å²) in [6.45, 7) is 0. The molecule has 3 aliphatic rings. The highest BCUT2D eigenvalue weighted by Crippen LogP contribution is 2.63. The minimum absolute atomic E-state index is 0.388. The van der Waals surface area contributed by atoms with E-state index in [2.05, 4.69) is 23.6 Å². The molecule has 3 rings (SSSR count). The van der Waals surface area contributed by atoms with Gasteiger partial charge in [-0.2, -0.15) is 0 Å². The van der Waals surface area contributed by atoms with E-state index in [1.165, 1.54) is 0 Å². The summed E-state index contributed by atoms with van der Waals surface area (Å²) in [5, 5.41) is 1.91. The molecule has 0 aromatic carbocycles. The van der Waals surface area contributed by atoms with Crippen molar-refractivity contribution in [2.75, 3.05) is 7.11 Å². The van der Waals surface area contributed by atoms with Crippen LogP contribution in [0.3, 0.4) is 0 Å². The summed E-state index contributed by atoms with van der Waals surface area (Å²) in [4.78, 5) is 0. The standard InChI is InChI=1S/C7H9OSi2/c1-8-9-6-2-4-10(6)5-3-7(9)10/h2-7H,1H3/t6-,7-,10?/m0/s1. The normalized spacial score (nSPS) is 54.1. The van der Waals surface area contributed by atoms with Gasteiger partial charge in [0.05, 0.1) is 0 Å². The van der Waals surface area contributed by atoms with Gasteiger partial charge in [-0.05, 0) is 10.3 Å². The molecular weight excluding hydrogens is 156 g/mol. The molecule has 1 saturated heterocycles. The molecule has 10 heavy (non-hydrogen) atoms. The second-order valence-electron chi connectivity index (χ2n) is 3.28. The van der Waals surface area contributed by atoms with E-state index in [0.29, 0.717) is 0 Å². The van der Waals surface area contributed by atoms with Crippen LogP contribution in [0.5, 0.6) is 0 Å². The third kappa shape index (κ3) is 0.324. The molecule has 3 heterocycles. The van der Waals surface area contributed by atoms with Crippen LogP contribution in [-0.2, 0) is 4.43 Å². The van der Waals surface area contributed by atoms with Crippen molar-refractivity contribution in [2.45, 2.75) is 10.3 Å². The lowest BCUT2D eigenvalue weighted by molar-refractivity contribution is 0.407. The highest BCUT2D eigenvalue weighted by Gasteiger charge is 2.69. The average molecular weight is 165 g/mol. The predicted molar refractivity (Wildman–Crippen MR) is 44.3 cm³/mol. The molecule has 2 atom stereocenters. The Bertz CT molecular complexity index is 222. The van der Waals surface area contributed by atoms with Gasteiger partial charge in [-0.1, -0.05) is 23.6 Å². The number of rotatable bonds is 1. The van der Waals surface area contributed by atoms with Gasteiger partial charge in [0.1, 0.15) is 8.07 Å². The van der Waals surface area contributed by atoms with E-state index in [0.717, 1.165) is 10.3 Å². The summed E-state index contributed by atoms with van der Waals surface area (Å²) in [7, 11) is 0.671. The van der Waals surface area contributed by atoms with Crippen molar-refractivity contribution in [1.82, 2.24) is 0 Å². The van der Waals surface area contributed by atoms with Crippen LogP contribution < -0.4 is 0 Å². The van der Waals surface area contributed by atoms with Crippen LogP contribution >= 0.6 is 0 Å². The SMILES string of the molecule is CO[Si]1[C@@H]2C=C[Si]23C=C[C@@H]13. The summed E-state index contributed by atoms with van der Waals surface area (Å²) in [5.41, 5.74) is 4.96. The fourth-order valence-corrected chi connectivity index (χ4v) is 13.4. The van der Waals surface area contributed by atoms with Gasteiger partial charge in [-0.3, -0.25) is 0 Å². The summed E-state index contributed by atoms with van der Waals surface area (Å²) in [6, 6.07) is 0. The van der Waals surface area contributed by atoms with Gasteiger partial charge in [0.15, 0.2) is 0 Å². The zero-order chi connectivity index (χ0) is 6.77. The predicted octanol–water partition coefficient (Wildman–Crippen LogP) is 1.12. The van der Waals surface area contributed by atoms with Gasteiger partial charge in [-0.15, -0.1) is 0 Å². The second-order valence-corrected chi connectivity index (χ2v) is 10.8. The van der Waals surface area contributed by atoms with E-state index in [-0.39, 0.29) is 9.04 Å². The number of hydrogen-bond donors (Lipinski definition) is 0. The molecule has 0 saturated carbocycles. The van der Waals surface area contributed by atoms with Crippen LogP contribution in [0.2, 0.25) is 10.3 Å². The largest absolute Gasteiger partial charge is 0.419 e. The molecule has 0 bridgehead atoms. The molecule has 51 valence electrons. The van der Waals surface area contributed by atoms with Crippen molar-refractivity contribution in [1.29, 1.82) is 0 Å². The third-order valence-corrected chi connectivity index (χ3v) is 13.9. The first-order chi connectivity index (χ1) is 4.88. The highest BCUT2D eigenvalue weighted by molar-refractivity contribution is 7.18. The Kier molecular flexibility index (Phi) is 0.768. The zero-order valence-corrected chi connectivity index (χ0v) is 7.87. The van der Waals surface area contributed by atoms with Crippen molar-refractivity contribution in [3.05, 3.63) is 23.6 Å². The highest BCUT2D eigenvalue weighted by atomic mass is 28.4. The molecule has 3 aliphatic heterocycles. The van der Waals surface area contributed by atoms with Crippen molar-refractivity contribution in [3.8, 4) is 0 Å². The molecule has 0 amide bonds. The smallest absolute Gasteiger partial charge is 0.220 e. The quantitative estimate of drug-likeness (QED) is 0.529. The van der Waals surface area contributed by atoms with E-state index < -0.39 is 8.07 Å². The van der Waals surface area contributed by atoms with Gasteiger partial charge in [-0.25, -0.2) is 0 Å². The van der Waals surface area contributed by atoms with Crippen LogP contribution in [0.1, 0.15) is 0 Å². The average Bonchev–Trinajstić information content (AvgIpc) is 1.81. The molecule has 1 nitrogen and oxygen atoms in total. The summed E-state index contributed by atoms with van der Waals surface area (Å²) < 4.78 is 5.48. The van der Waals surface area contributed by atoms with E-state index in [4.69, 9.17) is 4.43 Å². The van der Waals surface area contributed by atoms with Crippen LogP contribution in [0.15, 0.2) is 23.6 Å². The Hall–Kier alpha value is -0.126. The molecule has 0 aromatic heterocycles. The van der Waals surface area contributed by atoms with Crippen LogP contribution in [0.25, 0.3) is 0 Å². The number of allylic oxidation sites excluding steroid dienone is 2. The summed E-state index contributed by atoms with van der Waals surface area (Å²) in [5.74, 6) is 0. The fraction of sp³-hybridized carbons (Fsp3) is 0.429. The molecule has 1 fully saturated rings. The fourth-order valence-electron chi connectivity index (χ4n) is 2.32. The lowest BCUT2D eigenvalue weighted by Crippen LogP contribution is -2.71. The molecule has 1 spiro atoms. The molecule has 0 aromatic rings. The van der Waals surface area contributed by atoms with Crippen molar-refractivity contribution in [3.63, 3.8) is 0 Å². The minimum Gasteiger partial charge on any atom is -0.419 e. The lowest BCUT2D eigenvalue weighted by Gasteiger charge is -2.63. The van der Waals surface area contributed by atoms with Gasteiger partial charge in [0, 0.05) is 7.11 Å². The molecule has 3 heteroatoms. The minimum atomic E-state index is -0.821. The van der Waals surface area contributed by atoms with Crippen LogP contribution in [0, 0.1) is 0 Å². The van der Waals surface area contributed by atoms with Crippen molar-refractivity contribution >= 4 is 17.1 Å². The topological polar surface area (TPSA) is 9.23 Å². The van der Waals surface area contributed by atoms with Gasteiger partial charge < -0.3 is 4.43 Å². The Balaban J connectivity index is 2.00. The maximum absolute atomic E-state index is 5.48. The van der Waals surface area contributed by atoms with E-state index in [9.17, 15) is 0 Å². The Morgan fingerprint density at radius 2 is 1.90 bits per heavy atom. The van der Waals surface area contributed by atoms with Crippen LogP contribution in [0.4, 0.5) is 0 Å². The van der Waals surface area contributed by atoms with E-state index >= 15 is 0 Å². The lowest BCUT2D eigenvalue weighted by atomic mass is 10.6. The third-order valence-electron chi connectivity index (χ3n) is 3.08. The zero-order valence-electron chi connectivity index (χ0n) is 5.87. The maximum Gasteiger partial charge on any atom is 0.220 e. The van der Waals surface area contributed by atoms with Crippen molar-refractivity contribution < 1.29 is 4.43 Å².